The van der Waals surface area contributed by atoms with Crippen LogP contribution in [0, 0.1) is 6.92 Å². The van der Waals surface area contributed by atoms with E-state index >= 15 is 0 Å². The van der Waals surface area contributed by atoms with Gasteiger partial charge in [0.25, 0.3) is 10.0 Å². The van der Waals surface area contributed by atoms with Crippen LogP contribution in [0.25, 0.3) is 0 Å². The lowest BCUT2D eigenvalue weighted by Gasteiger charge is -2.25. The Balaban J connectivity index is 2.10. The zero-order valence-corrected chi connectivity index (χ0v) is 16.2. The fourth-order valence-corrected chi connectivity index (χ4v) is 4.58. The number of halogens is 1. The molecule has 0 fully saturated rings. The predicted octanol–water partition coefficient (Wildman–Crippen LogP) is 5.15. The van der Waals surface area contributed by atoms with Gasteiger partial charge in [-0.2, -0.15) is 0 Å². The molecule has 5 heteroatoms. The molecule has 0 saturated heterocycles. The second kappa shape index (κ2) is 7.42. The highest BCUT2D eigenvalue weighted by Gasteiger charge is 2.26. The predicted molar refractivity (Wildman–Crippen MR) is 105 cm³/mol. The minimum atomic E-state index is -3.68. The Hall–Kier alpha value is -2.11. The number of sulfonamides is 1. The van der Waals surface area contributed by atoms with Crippen molar-refractivity contribution in [3.63, 3.8) is 0 Å². The molecule has 3 aromatic rings. The van der Waals surface area contributed by atoms with Crippen molar-refractivity contribution in [2.75, 3.05) is 4.31 Å². The zero-order chi connectivity index (χ0) is 17.9. The lowest BCUT2D eigenvalue weighted by Crippen LogP contribution is -2.31. The van der Waals surface area contributed by atoms with Crippen LogP contribution in [-0.2, 0) is 16.6 Å². The van der Waals surface area contributed by atoms with Crippen molar-refractivity contribution in [2.24, 2.45) is 0 Å². The van der Waals surface area contributed by atoms with Gasteiger partial charge >= 0.3 is 0 Å². The highest BCUT2D eigenvalue weighted by atomic mass is 79.9. The first-order valence-corrected chi connectivity index (χ1v) is 10.1. The maximum absolute atomic E-state index is 13.4. The van der Waals surface area contributed by atoms with Gasteiger partial charge in [0.2, 0.25) is 0 Å². The van der Waals surface area contributed by atoms with Crippen molar-refractivity contribution in [3.8, 4) is 0 Å². The summed E-state index contributed by atoms with van der Waals surface area (Å²) in [5.41, 5.74) is 2.30. The van der Waals surface area contributed by atoms with Crippen molar-refractivity contribution in [3.05, 3.63) is 94.5 Å². The molecule has 25 heavy (non-hydrogen) atoms. The molecule has 0 spiro atoms. The van der Waals surface area contributed by atoms with Gasteiger partial charge in [-0.15, -0.1) is 0 Å². The summed E-state index contributed by atoms with van der Waals surface area (Å²) < 4.78 is 29.1. The summed E-state index contributed by atoms with van der Waals surface area (Å²) in [4.78, 5) is 0.328. The van der Waals surface area contributed by atoms with Crippen LogP contribution >= 0.6 is 15.9 Å². The van der Waals surface area contributed by atoms with E-state index in [1.165, 1.54) is 4.31 Å². The fourth-order valence-electron chi connectivity index (χ4n) is 2.64. The SMILES string of the molecule is Cc1ccccc1S(=O)(=O)N(Cc1ccccc1)c1ccc(Br)cc1. The first-order chi connectivity index (χ1) is 12.0. The Morgan fingerprint density at radius 3 is 2.08 bits per heavy atom. The smallest absolute Gasteiger partial charge is 0.262 e. The first-order valence-electron chi connectivity index (χ1n) is 7.86. The first kappa shape index (κ1) is 17.7. The minimum Gasteiger partial charge on any atom is -0.262 e. The van der Waals surface area contributed by atoms with Crippen LogP contribution in [0.4, 0.5) is 5.69 Å². The summed E-state index contributed by atoms with van der Waals surface area (Å²) >= 11 is 3.40. The highest BCUT2D eigenvalue weighted by Crippen LogP contribution is 2.28. The fraction of sp³-hybridized carbons (Fsp3) is 0.100. The van der Waals surface area contributed by atoms with E-state index in [0.29, 0.717) is 10.6 Å². The topological polar surface area (TPSA) is 37.4 Å². The lowest BCUT2D eigenvalue weighted by molar-refractivity contribution is 0.590. The molecular formula is C20H18BrNO2S. The van der Waals surface area contributed by atoms with E-state index in [9.17, 15) is 8.42 Å². The van der Waals surface area contributed by atoms with Gasteiger partial charge in [0.15, 0.2) is 0 Å². The zero-order valence-electron chi connectivity index (χ0n) is 13.8. The molecule has 0 aliphatic carbocycles. The van der Waals surface area contributed by atoms with Gasteiger partial charge in [-0.1, -0.05) is 64.5 Å². The molecule has 128 valence electrons. The van der Waals surface area contributed by atoms with E-state index < -0.39 is 10.0 Å². The number of hydrogen-bond donors (Lipinski definition) is 0. The summed E-state index contributed by atoms with van der Waals surface area (Å²) in [5.74, 6) is 0. The van der Waals surface area contributed by atoms with Crippen LogP contribution < -0.4 is 4.31 Å². The van der Waals surface area contributed by atoms with E-state index in [-0.39, 0.29) is 6.54 Å². The van der Waals surface area contributed by atoms with Crippen LogP contribution in [0.3, 0.4) is 0 Å². The third kappa shape index (κ3) is 3.94. The van der Waals surface area contributed by atoms with Gasteiger partial charge in [0.05, 0.1) is 17.1 Å². The van der Waals surface area contributed by atoms with Gasteiger partial charge in [-0.3, -0.25) is 4.31 Å². The Morgan fingerprint density at radius 1 is 0.840 bits per heavy atom. The highest BCUT2D eigenvalue weighted by molar-refractivity contribution is 9.10. The number of aryl methyl sites for hydroxylation is 1. The second-order valence-electron chi connectivity index (χ2n) is 5.74. The molecule has 0 saturated carbocycles. The van der Waals surface area contributed by atoms with E-state index in [1.807, 2.05) is 73.7 Å². The summed E-state index contributed by atoms with van der Waals surface area (Å²) in [6.07, 6.45) is 0. The monoisotopic (exact) mass is 415 g/mol. The van der Waals surface area contributed by atoms with Crippen molar-refractivity contribution in [2.45, 2.75) is 18.4 Å². The average Bonchev–Trinajstić information content (AvgIpc) is 2.61. The number of nitrogens with zero attached hydrogens (tertiary/aromatic N) is 1. The molecule has 0 atom stereocenters. The second-order valence-corrected chi connectivity index (χ2v) is 8.49. The lowest BCUT2D eigenvalue weighted by atomic mass is 10.2. The molecule has 3 nitrogen and oxygen atoms in total. The Labute approximate surface area is 157 Å². The summed E-state index contributed by atoms with van der Waals surface area (Å²) in [6, 6.07) is 24.0. The molecule has 0 aromatic heterocycles. The molecule has 0 aliphatic heterocycles. The number of hydrogen-bond acceptors (Lipinski definition) is 2. The van der Waals surface area contributed by atoms with Crippen molar-refractivity contribution in [1.29, 1.82) is 0 Å². The average molecular weight is 416 g/mol. The Bertz CT molecular complexity index is 955. The van der Waals surface area contributed by atoms with Gasteiger partial charge in [-0.25, -0.2) is 8.42 Å². The van der Waals surface area contributed by atoms with Crippen LogP contribution in [-0.4, -0.2) is 8.42 Å². The summed E-state index contributed by atoms with van der Waals surface area (Å²) in [5, 5.41) is 0. The summed E-state index contributed by atoms with van der Waals surface area (Å²) in [6.45, 7) is 2.09. The molecule has 0 amide bonds. The maximum atomic E-state index is 13.4. The van der Waals surface area contributed by atoms with Crippen molar-refractivity contribution >= 4 is 31.6 Å². The van der Waals surface area contributed by atoms with Crippen LogP contribution in [0.1, 0.15) is 11.1 Å². The third-order valence-electron chi connectivity index (χ3n) is 3.95. The van der Waals surface area contributed by atoms with Gasteiger partial charge in [0.1, 0.15) is 0 Å². The number of rotatable bonds is 5. The molecule has 0 aliphatic rings. The Kier molecular flexibility index (Phi) is 5.25. The normalized spacial score (nSPS) is 11.3. The van der Waals surface area contributed by atoms with Crippen LogP contribution in [0.15, 0.2) is 88.2 Å². The van der Waals surface area contributed by atoms with Gasteiger partial charge in [-0.05, 0) is 48.4 Å². The van der Waals surface area contributed by atoms with Gasteiger partial charge in [0, 0.05) is 4.47 Å². The molecule has 0 N–H and O–H groups in total. The molecule has 0 unspecified atom stereocenters. The Morgan fingerprint density at radius 2 is 1.44 bits per heavy atom. The molecule has 3 aromatic carbocycles. The molecular weight excluding hydrogens is 398 g/mol. The minimum absolute atomic E-state index is 0.277. The largest absolute Gasteiger partial charge is 0.264 e. The molecule has 3 rings (SSSR count). The van der Waals surface area contributed by atoms with E-state index in [2.05, 4.69) is 15.9 Å². The van der Waals surface area contributed by atoms with Crippen LogP contribution in [0.5, 0.6) is 0 Å². The standard InChI is InChI=1S/C20H18BrNO2S/c1-16-7-5-6-10-20(16)25(23,24)22(15-17-8-3-2-4-9-17)19-13-11-18(21)12-14-19/h2-14H,15H2,1H3. The van der Waals surface area contributed by atoms with Crippen LogP contribution in [0.2, 0.25) is 0 Å². The third-order valence-corrected chi connectivity index (χ3v) is 6.41. The molecule has 0 radical (unpaired) electrons. The maximum Gasteiger partial charge on any atom is 0.264 e. The van der Waals surface area contributed by atoms with Crippen molar-refractivity contribution < 1.29 is 8.42 Å². The quantitative estimate of drug-likeness (QED) is 0.577. The molecule has 0 bridgehead atoms. The van der Waals surface area contributed by atoms with Crippen molar-refractivity contribution in [1.82, 2.24) is 0 Å². The molecule has 0 heterocycles. The number of benzene rings is 3. The van der Waals surface area contributed by atoms with E-state index in [4.69, 9.17) is 0 Å². The van der Waals surface area contributed by atoms with E-state index in [0.717, 1.165) is 15.6 Å². The number of anilines is 1. The van der Waals surface area contributed by atoms with Gasteiger partial charge < -0.3 is 0 Å². The summed E-state index contributed by atoms with van der Waals surface area (Å²) in [7, 11) is -3.68. The van der Waals surface area contributed by atoms with E-state index in [1.54, 1.807) is 12.1 Å².